The lowest BCUT2D eigenvalue weighted by Gasteiger charge is -2.07. The molecule has 0 heterocycles. The quantitative estimate of drug-likeness (QED) is 0.420. The molecule has 7 nitrogen and oxygen atoms in total. The van der Waals surface area contributed by atoms with Gasteiger partial charge >= 0.3 is 11.9 Å². The first-order chi connectivity index (χ1) is 11.2. The average Bonchev–Trinajstić information content (AvgIpc) is 2.59. The third-order valence-electron chi connectivity index (χ3n) is 2.66. The molecule has 0 amide bonds. The third kappa shape index (κ3) is 9.62. The van der Waals surface area contributed by atoms with Gasteiger partial charge in [-0.1, -0.05) is 18.2 Å². The molecule has 0 saturated heterocycles. The summed E-state index contributed by atoms with van der Waals surface area (Å²) in [7, 11) is 1.30. The molecule has 1 rings (SSSR count). The molecule has 1 aromatic rings. The first-order valence-electron chi connectivity index (χ1n) is 7.26. The monoisotopic (exact) mass is 326 g/mol. The number of methoxy groups -OCH3 is 1. The Morgan fingerprint density at radius 2 is 1.39 bits per heavy atom. The van der Waals surface area contributed by atoms with Crippen LogP contribution in [-0.4, -0.2) is 65.3 Å². The highest BCUT2D eigenvalue weighted by atomic mass is 16.6. The van der Waals surface area contributed by atoms with E-state index in [-0.39, 0.29) is 19.2 Å². The fourth-order valence-corrected chi connectivity index (χ4v) is 1.51. The van der Waals surface area contributed by atoms with Gasteiger partial charge in [-0.25, -0.2) is 9.59 Å². The summed E-state index contributed by atoms with van der Waals surface area (Å²) in [6, 6.07) is 8.78. The Bertz CT molecular complexity index is 447. The zero-order valence-electron chi connectivity index (χ0n) is 13.2. The van der Waals surface area contributed by atoms with Gasteiger partial charge < -0.3 is 23.7 Å². The van der Waals surface area contributed by atoms with Crippen molar-refractivity contribution in [3.8, 4) is 0 Å². The van der Waals surface area contributed by atoms with Crippen molar-refractivity contribution < 1.29 is 33.3 Å². The molecule has 0 aliphatic heterocycles. The van der Waals surface area contributed by atoms with E-state index >= 15 is 0 Å². The van der Waals surface area contributed by atoms with Crippen LogP contribution >= 0.6 is 0 Å². The van der Waals surface area contributed by atoms with Crippen LogP contribution in [0.2, 0.25) is 0 Å². The molecule has 0 atom stereocenters. The molecule has 0 spiro atoms. The molecule has 0 bridgehead atoms. The second-order valence-electron chi connectivity index (χ2n) is 4.36. The van der Waals surface area contributed by atoms with Gasteiger partial charge in [0.1, 0.15) is 13.2 Å². The topological polar surface area (TPSA) is 80.3 Å². The zero-order valence-corrected chi connectivity index (χ0v) is 13.2. The Morgan fingerprint density at radius 3 is 2.00 bits per heavy atom. The van der Waals surface area contributed by atoms with Gasteiger partial charge in [-0.05, 0) is 12.1 Å². The molecule has 128 valence electrons. The standard InChI is InChI=1S/C16H22O7/c1-19-15(17)13-22-10-9-20-7-8-21-11-12-23-16(18)14-5-3-2-4-6-14/h2-6H,7-13H2,1H3. The van der Waals surface area contributed by atoms with Crippen LogP contribution in [0.5, 0.6) is 0 Å². The number of ether oxygens (including phenoxy) is 5. The van der Waals surface area contributed by atoms with Gasteiger partial charge in [-0.3, -0.25) is 0 Å². The Balaban J connectivity index is 1.87. The minimum Gasteiger partial charge on any atom is -0.467 e. The minimum atomic E-state index is -0.418. The minimum absolute atomic E-state index is 0.0802. The fourth-order valence-electron chi connectivity index (χ4n) is 1.51. The molecule has 0 N–H and O–H groups in total. The smallest absolute Gasteiger partial charge is 0.338 e. The number of carbonyl (C=O) groups excluding carboxylic acids is 2. The van der Waals surface area contributed by atoms with Gasteiger partial charge in [0.05, 0.1) is 45.7 Å². The predicted molar refractivity (Wildman–Crippen MR) is 81.2 cm³/mol. The van der Waals surface area contributed by atoms with E-state index in [2.05, 4.69) is 4.74 Å². The normalized spacial score (nSPS) is 10.3. The Labute approximate surface area is 135 Å². The van der Waals surface area contributed by atoms with Gasteiger partial charge in [-0.2, -0.15) is 0 Å². The van der Waals surface area contributed by atoms with Crippen LogP contribution in [0, 0.1) is 0 Å². The molecule has 0 saturated carbocycles. The van der Waals surface area contributed by atoms with E-state index in [0.29, 0.717) is 38.6 Å². The second kappa shape index (κ2) is 12.6. The van der Waals surface area contributed by atoms with Crippen molar-refractivity contribution in [2.75, 3.05) is 53.4 Å². The van der Waals surface area contributed by atoms with Crippen molar-refractivity contribution in [3.63, 3.8) is 0 Å². The van der Waals surface area contributed by atoms with E-state index < -0.39 is 5.97 Å². The van der Waals surface area contributed by atoms with Crippen molar-refractivity contribution in [1.82, 2.24) is 0 Å². The van der Waals surface area contributed by atoms with Crippen LogP contribution in [-0.2, 0) is 28.5 Å². The maximum atomic E-state index is 11.6. The first-order valence-corrected chi connectivity index (χ1v) is 7.26. The lowest BCUT2D eigenvalue weighted by Crippen LogP contribution is -2.15. The molecular formula is C16H22O7. The molecule has 0 radical (unpaired) electrons. The molecule has 7 heteroatoms. The molecular weight excluding hydrogens is 304 g/mol. The van der Waals surface area contributed by atoms with Crippen molar-refractivity contribution in [2.45, 2.75) is 0 Å². The number of rotatable bonds is 12. The number of benzene rings is 1. The molecule has 0 aliphatic rings. The van der Waals surface area contributed by atoms with E-state index in [4.69, 9.17) is 18.9 Å². The Hall–Kier alpha value is -1.96. The summed E-state index contributed by atoms with van der Waals surface area (Å²) < 4.78 is 25.0. The SMILES string of the molecule is COC(=O)COCCOCCOCCOC(=O)c1ccccc1. The highest BCUT2D eigenvalue weighted by molar-refractivity contribution is 5.89. The van der Waals surface area contributed by atoms with Gasteiger partial charge in [0.25, 0.3) is 0 Å². The summed E-state index contributed by atoms with van der Waals surface area (Å²) in [6.07, 6.45) is 0. The van der Waals surface area contributed by atoms with Gasteiger partial charge in [-0.15, -0.1) is 0 Å². The largest absolute Gasteiger partial charge is 0.467 e. The molecule has 0 unspecified atom stereocenters. The number of esters is 2. The summed E-state index contributed by atoms with van der Waals surface area (Å²) in [5.74, 6) is -0.786. The van der Waals surface area contributed by atoms with Crippen LogP contribution in [0.1, 0.15) is 10.4 Å². The van der Waals surface area contributed by atoms with E-state index in [1.807, 2.05) is 6.07 Å². The van der Waals surface area contributed by atoms with Crippen LogP contribution in [0.25, 0.3) is 0 Å². The summed E-state index contributed by atoms with van der Waals surface area (Å²) in [5.41, 5.74) is 0.516. The summed E-state index contributed by atoms with van der Waals surface area (Å²) in [6.45, 7) is 1.88. The third-order valence-corrected chi connectivity index (χ3v) is 2.66. The van der Waals surface area contributed by atoms with Crippen LogP contribution < -0.4 is 0 Å². The van der Waals surface area contributed by atoms with Gasteiger partial charge in [0, 0.05) is 0 Å². The molecule has 0 aromatic heterocycles. The number of hydrogen-bond acceptors (Lipinski definition) is 7. The van der Waals surface area contributed by atoms with Gasteiger partial charge in [0.15, 0.2) is 0 Å². The lowest BCUT2D eigenvalue weighted by atomic mass is 10.2. The first kappa shape index (κ1) is 19.1. The summed E-state index contributed by atoms with van der Waals surface area (Å²) in [4.78, 5) is 22.3. The highest BCUT2D eigenvalue weighted by Gasteiger charge is 2.05. The molecule has 0 fully saturated rings. The Kier molecular flexibility index (Phi) is 10.4. The molecule has 0 aliphatic carbocycles. The molecule has 23 heavy (non-hydrogen) atoms. The maximum absolute atomic E-state index is 11.6. The zero-order chi connectivity index (χ0) is 16.8. The summed E-state index contributed by atoms with van der Waals surface area (Å²) >= 11 is 0. The van der Waals surface area contributed by atoms with Crippen LogP contribution in [0.3, 0.4) is 0 Å². The summed E-state index contributed by atoms with van der Waals surface area (Å²) in [5, 5.41) is 0. The van der Waals surface area contributed by atoms with Crippen LogP contribution in [0.15, 0.2) is 30.3 Å². The van der Waals surface area contributed by atoms with Crippen molar-refractivity contribution in [2.24, 2.45) is 0 Å². The van der Waals surface area contributed by atoms with Crippen molar-refractivity contribution in [3.05, 3.63) is 35.9 Å². The highest BCUT2D eigenvalue weighted by Crippen LogP contribution is 2.00. The van der Waals surface area contributed by atoms with Gasteiger partial charge in [0.2, 0.25) is 0 Å². The average molecular weight is 326 g/mol. The number of hydrogen-bond donors (Lipinski definition) is 0. The second-order valence-corrected chi connectivity index (χ2v) is 4.36. The van der Waals surface area contributed by atoms with E-state index in [0.717, 1.165) is 0 Å². The molecule has 1 aromatic carbocycles. The van der Waals surface area contributed by atoms with Crippen LogP contribution in [0.4, 0.5) is 0 Å². The maximum Gasteiger partial charge on any atom is 0.338 e. The fraction of sp³-hybridized carbons (Fsp3) is 0.500. The lowest BCUT2D eigenvalue weighted by molar-refractivity contribution is -0.146. The predicted octanol–water partition coefficient (Wildman–Crippen LogP) is 1.07. The van der Waals surface area contributed by atoms with Crippen molar-refractivity contribution in [1.29, 1.82) is 0 Å². The van der Waals surface area contributed by atoms with E-state index in [9.17, 15) is 9.59 Å². The van der Waals surface area contributed by atoms with Crippen molar-refractivity contribution >= 4 is 11.9 Å². The van der Waals surface area contributed by atoms with E-state index in [1.54, 1.807) is 24.3 Å². The Morgan fingerprint density at radius 1 is 0.826 bits per heavy atom. The number of carbonyl (C=O) groups is 2. The van der Waals surface area contributed by atoms with E-state index in [1.165, 1.54) is 7.11 Å².